The SMILES string of the molecule is CCn1ccc2nc3ncnn3c(-c3cccc(OC)c3)c2c1=O. The number of methoxy groups -OCH3 is 1. The number of nitrogens with zero attached hydrogens (tertiary/aromatic N) is 5. The topological polar surface area (TPSA) is 74.3 Å². The molecule has 0 amide bonds. The fraction of sp³-hybridized carbons (Fsp3) is 0.176. The van der Waals surface area contributed by atoms with Crippen molar-refractivity contribution < 1.29 is 4.74 Å². The van der Waals surface area contributed by atoms with Crippen molar-refractivity contribution in [1.29, 1.82) is 0 Å². The summed E-state index contributed by atoms with van der Waals surface area (Å²) in [6, 6.07) is 9.36. The average molecular weight is 321 g/mol. The lowest BCUT2D eigenvalue weighted by Crippen LogP contribution is -2.20. The third-order valence-electron chi connectivity index (χ3n) is 4.03. The van der Waals surface area contributed by atoms with Gasteiger partial charge in [0, 0.05) is 18.3 Å². The molecular formula is C17H15N5O2. The molecule has 0 atom stereocenters. The Morgan fingerprint density at radius 2 is 2.12 bits per heavy atom. The fourth-order valence-corrected chi connectivity index (χ4v) is 2.85. The van der Waals surface area contributed by atoms with Crippen LogP contribution in [0, 0.1) is 0 Å². The van der Waals surface area contributed by atoms with E-state index < -0.39 is 0 Å². The van der Waals surface area contributed by atoms with Gasteiger partial charge in [0.25, 0.3) is 11.3 Å². The van der Waals surface area contributed by atoms with Crippen LogP contribution < -0.4 is 10.3 Å². The second-order valence-corrected chi connectivity index (χ2v) is 5.33. The van der Waals surface area contributed by atoms with Crippen LogP contribution >= 0.6 is 0 Å². The highest BCUT2D eigenvalue weighted by Crippen LogP contribution is 2.28. The molecule has 24 heavy (non-hydrogen) atoms. The molecule has 0 bridgehead atoms. The number of hydrogen-bond donors (Lipinski definition) is 0. The number of ether oxygens (including phenoxy) is 1. The summed E-state index contributed by atoms with van der Waals surface area (Å²) in [5.41, 5.74) is 1.99. The molecule has 120 valence electrons. The Balaban J connectivity index is 2.20. The summed E-state index contributed by atoms with van der Waals surface area (Å²) in [7, 11) is 1.61. The Bertz CT molecular complexity index is 1110. The zero-order chi connectivity index (χ0) is 16.7. The van der Waals surface area contributed by atoms with Gasteiger partial charge in [0.1, 0.15) is 12.1 Å². The molecule has 0 aliphatic heterocycles. The van der Waals surface area contributed by atoms with E-state index in [2.05, 4.69) is 15.1 Å². The predicted octanol–water partition coefficient (Wildman–Crippen LogP) is 2.13. The molecule has 3 heterocycles. The van der Waals surface area contributed by atoms with E-state index in [4.69, 9.17) is 4.74 Å². The minimum Gasteiger partial charge on any atom is -0.497 e. The highest BCUT2D eigenvalue weighted by Gasteiger charge is 2.17. The maximum absolute atomic E-state index is 12.9. The molecule has 4 rings (SSSR count). The quantitative estimate of drug-likeness (QED) is 0.578. The van der Waals surface area contributed by atoms with E-state index in [9.17, 15) is 4.79 Å². The largest absolute Gasteiger partial charge is 0.497 e. The van der Waals surface area contributed by atoms with Gasteiger partial charge < -0.3 is 9.30 Å². The van der Waals surface area contributed by atoms with E-state index in [1.165, 1.54) is 6.33 Å². The van der Waals surface area contributed by atoms with Gasteiger partial charge in [-0.2, -0.15) is 14.6 Å². The van der Waals surface area contributed by atoms with Gasteiger partial charge in [-0.25, -0.2) is 4.98 Å². The van der Waals surface area contributed by atoms with Gasteiger partial charge >= 0.3 is 0 Å². The second kappa shape index (κ2) is 5.45. The van der Waals surface area contributed by atoms with Gasteiger partial charge in [0.15, 0.2) is 0 Å². The van der Waals surface area contributed by atoms with Gasteiger partial charge in [0.2, 0.25) is 0 Å². The fourth-order valence-electron chi connectivity index (χ4n) is 2.85. The predicted molar refractivity (Wildman–Crippen MR) is 90.2 cm³/mol. The summed E-state index contributed by atoms with van der Waals surface area (Å²) in [6.45, 7) is 2.52. The number of aromatic nitrogens is 5. The second-order valence-electron chi connectivity index (χ2n) is 5.33. The maximum atomic E-state index is 12.9. The molecule has 0 saturated heterocycles. The summed E-state index contributed by atoms with van der Waals surface area (Å²) in [5.74, 6) is 1.16. The van der Waals surface area contributed by atoms with Crippen LogP contribution in [0.5, 0.6) is 5.75 Å². The van der Waals surface area contributed by atoms with Crippen LogP contribution in [0.3, 0.4) is 0 Å². The molecule has 0 aliphatic carbocycles. The summed E-state index contributed by atoms with van der Waals surface area (Å²) >= 11 is 0. The van der Waals surface area contributed by atoms with Gasteiger partial charge in [-0.15, -0.1) is 0 Å². The molecule has 0 radical (unpaired) electrons. The lowest BCUT2D eigenvalue weighted by Gasteiger charge is -2.11. The van der Waals surface area contributed by atoms with Crippen LogP contribution in [0.1, 0.15) is 6.92 Å². The monoisotopic (exact) mass is 321 g/mol. The van der Waals surface area contributed by atoms with Crippen molar-refractivity contribution in [2.75, 3.05) is 7.11 Å². The molecule has 0 saturated carbocycles. The molecule has 0 unspecified atom stereocenters. The van der Waals surface area contributed by atoms with Crippen molar-refractivity contribution in [3.05, 3.63) is 53.2 Å². The number of benzene rings is 1. The Morgan fingerprint density at radius 1 is 1.25 bits per heavy atom. The van der Waals surface area contributed by atoms with Crippen LogP contribution in [0.2, 0.25) is 0 Å². The van der Waals surface area contributed by atoms with Crippen LogP contribution in [0.15, 0.2) is 47.7 Å². The van der Waals surface area contributed by atoms with Gasteiger partial charge in [0.05, 0.1) is 23.7 Å². The number of rotatable bonds is 3. The van der Waals surface area contributed by atoms with E-state index in [1.54, 1.807) is 22.4 Å². The van der Waals surface area contributed by atoms with Gasteiger partial charge in [-0.05, 0) is 25.1 Å². The molecule has 0 spiro atoms. The van der Waals surface area contributed by atoms with Crippen molar-refractivity contribution in [1.82, 2.24) is 24.1 Å². The summed E-state index contributed by atoms with van der Waals surface area (Å²) in [5, 5.41) is 4.77. The summed E-state index contributed by atoms with van der Waals surface area (Å²) in [4.78, 5) is 21.5. The van der Waals surface area contributed by atoms with Crippen LogP contribution in [0.4, 0.5) is 0 Å². The van der Waals surface area contributed by atoms with Crippen molar-refractivity contribution in [2.45, 2.75) is 13.5 Å². The Kier molecular flexibility index (Phi) is 3.26. The Morgan fingerprint density at radius 3 is 2.92 bits per heavy atom. The lowest BCUT2D eigenvalue weighted by atomic mass is 10.1. The molecule has 0 fully saturated rings. The lowest BCUT2D eigenvalue weighted by molar-refractivity contribution is 0.415. The van der Waals surface area contributed by atoms with E-state index in [1.807, 2.05) is 37.3 Å². The molecular weight excluding hydrogens is 306 g/mol. The third kappa shape index (κ3) is 2.05. The van der Waals surface area contributed by atoms with Crippen molar-refractivity contribution in [2.24, 2.45) is 0 Å². The molecule has 3 aromatic heterocycles. The summed E-state index contributed by atoms with van der Waals surface area (Å²) < 4.78 is 8.56. The first-order chi connectivity index (χ1) is 11.7. The highest BCUT2D eigenvalue weighted by atomic mass is 16.5. The molecule has 4 aromatic rings. The van der Waals surface area contributed by atoms with Crippen LogP contribution in [-0.4, -0.2) is 31.3 Å². The number of hydrogen-bond acceptors (Lipinski definition) is 5. The highest BCUT2D eigenvalue weighted by molar-refractivity contribution is 5.93. The molecule has 7 heteroatoms. The van der Waals surface area contributed by atoms with Crippen LogP contribution in [0.25, 0.3) is 27.9 Å². The van der Waals surface area contributed by atoms with Crippen LogP contribution in [-0.2, 0) is 6.54 Å². The Labute approximate surface area is 137 Å². The standard InChI is InChI=1S/C17H15N5O2/c1-3-21-8-7-13-14(16(21)23)15(22-17(20-13)18-10-19-22)11-5-4-6-12(9-11)24-2/h4-10H,3H2,1-2H3. The molecule has 7 nitrogen and oxygen atoms in total. The average Bonchev–Trinajstić information content (AvgIpc) is 3.08. The van der Waals surface area contributed by atoms with E-state index in [0.717, 1.165) is 5.56 Å². The first-order valence-corrected chi connectivity index (χ1v) is 7.60. The van der Waals surface area contributed by atoms with Crippen molar-refractivity contribution >= 4 is 16.7 Å². The Hall–Kier alpha value is -3.22. The van der Waals surface area contributed by atoms with Crippen molar-refractivity contribution in [3.8, 4) is 17.0 Å². The van der Waals surface area contributed by atoms with Gasteiger partial charge in [-0.1, -0.05) is 12.1 Å². The van der Waals surface area contributed by atoms with E-state index >= 15 is 0 Å². The first-order valence-electron chi connectivity index (χ1n) is 7.60. The van der Waals surface area contributed by atoms with E-state index in [-0.39, 0.29) is 5.56 Å². The summed E-state index contributed by atoms with van der Waals surface area (Å²) in [6.07, 6.45) is 3.18. The van der Waals surface area contributed by atoms with Crippen molar-refractivity contribution in [3.63, 3.8) is 0 Å². The maximum Gasteiger partial charge on any atom is 0.262 e. The molecule has 0 N–H and O–H groups in total. The zero-order valence-corrected chi connectivity index (χ0v) is 13.3. The minimum atomic E-state index is -0.0993. The first kappa shape index (κ1) is 14.4. The smallest absolute Gasteiger partial charge is 0.262 e. The molecule has 1 aromatic carbocycles. The van der Waals surface area contributed by atoms with Gasteiger partial charge in [-0.3, -0.25) is 4.79 Å². The zero-order valence-electron chi connectivity index (χ0n) is 13.3. The minimum absolute atomic E-state index is 0.0993. The third-order valence-corrected chi connectivity index (χ3v) is 4.03. The number of pyridine rings is 1. The van der Waals surface area contributed by atoms with E-state index in [0.29, 0.717) is 34.7 Å². The number of fused-ring (bicyclic) bond motifs is 2. The molecule has 0 aliphatic rings. The number of aryl methyl sites for hydroxylation is 1. The normalized spacial score (nSPS) is 11.2.